The number of carbonyl (C=O) groups excluding carboxylic acids is 2. The molecule has 3 rings (SSSR count). The fourth-order valence-corrected chi connectivity index (χ4v) is 2.66. The van der Waals surface area contributed by atoms with E-state index in [9.17, 15) is 9.59 Å². The van der Waals surface area contributed by atoms with E-state index in [0.29, 0.717) is 11.1 Å². The van der Waals surface area contributed by atoms with Crippen molar-refractivity contribution in [1.29, 1.82) is 0 Å². The highest BCUT2D eigenvalue weighted by Crippen LogP contribution is 2.22. The highest BCUT2D eigenvalue weighted by Gasteiger charge is 2.05. The molecule has 0 bridgehead atoms. The maximum Gasteiger partial charge on any atom is 0.251 e. The molecular weight excluding hydrogens is 326 g/mol. The molecule has 0 fully saturated rings. The van der Waals surface area contributed by atoms with Crippen LogP contribution in [0, 0.1) is 0 Å². The molecule has 0 aromatic heterocycles. The molecule has 0 spiro atoms. The Bertz CT molecular complexity index is 988. The fourth-order valence-electron chi connectivity index (χ4n) is 2.66. The second-order valence-electron chi connectivity index (χ2n) is 5.83. The van der Waals surface area contributed by atoms with Crippen molar-refractivity contribution < 1.29 is 14.3 Å². The van der Waals surface area contributed by atoms with Crippen LogP contribution in [0.1, 0.15) is 26.3 Å². The van der Waals surface area contributed by atoms with Gasteiger partial charge in [-0.15, -0.1) is 0 Å². The predicted molar refractivity (Wildman–Crippen MR) is 104 cm³/mol. The van der Waals surface area contributed by atoms with Gasteiger partial charge in [0.15, 0.2) is 5.78 Å². The van der Waals surface area contributed by atoms with E-state index in [1.807, 2.05) is 36.4 Å². The van der Waals surface area contributed by atoms with Crippen molar-refractivity contribution in [2.75, 3.05) is 14.2 Å². The first-order valence-electron chi connectivity index (χ1n) is 8.23. The number of nitrogens with one attached hydrogen (secondary N) is 1. The molecule has 0 heterocycles. The van der Waals surface area contributed by atoms with Crippen LogP contribution in [0.25, 0.3) is 16.8 Å². The van der Waals surface area contributed by atoms with Gasteiger partial charge in [0.1, 0.15) is 5.75 Å². The van der Waals surface area contributed by atoms with Gasteiger partial charge in [-0.1, -0.05) is 36.4 Å². The lowest BCUT2D eigenvalue weighted by atomic mass is 10.0. The minimum atomic E-state index is -0.135. The predicted octanol–water partition coefficient (Wildman–Crippen LogP) is 4.10. The van der Waals surface area contributed by atoms with Crippen molar-refractivity contribution in [2.45, 2.75) is 0 Å². The average Bonchev–Trinajstić information content (AvgIpc) is 2.70. The van der Waals surface area contributed by atoms with Crippen LogP contribution < -0.4 is 10.1 Å². The lowest BCUT2D eigenvalue weighted by Crippen LogP contribution is -2.17. The van der Waals surface area contributed by atoms with E-state index in [1.165, 1.54) is 0 Å². The Hall–Kier alpha value is -3.40. The second kappa shape index (κ2) is 7.66. The largest absolute Gasteiger partial charge is 0.497 e. The van der Waals surface area contributed by atoms with Crippen LogP contribution in [-0.2, 0) is 0 Å². The average molecular weight is 345 g/mol. The van der Waals surface area contributed by atoms with Gasteiger partial charge in [0.25, 0.3) is 5.91 Å². The molecule has 4 heteroatoms. The number of amides is 1. The van der Waals surface area contributed by atoms with Crippen molar-refractivity contribution in [3.8, 4) is 5.75 Å². The van der Waals surface area contributed by atoms with Gasteiger partial charge in [0.05, 0.1) is 7.11 Å². The van der Waals surface area contributed by atoms with E-state index in [1.54, 1.807) is 50.6 Å². The first-order chi connectivity index (χ1) is 12.6. The number of methoxy groups -OCH3 is 1. The zero-order valence-corrected chi connectivity index (χ0v) is 14.7. The molecule has 0 radical (unpaired) electrons. The van der Waals surface area contributed by atoms with Crippen LogP contribution in [-0.4, -0.2) is 25.8 Å². The van der Waals surface area contributed by atoms with Crippen LogP contribution >= 0.6 is 0 Å². The summed E-state index contributed by atoms with van der Waals surface area (Å²) in [4.78, 5) is 24.0. The minimum Gasteiger partial charge on any atom is -0.497 e. The van der Waals surface area contributed by atoms with E-state index in [2.05, 4.69) is 5.32 Å². The molecule has 3 aromatic carbocycles. The van der Waals surface area contributed by atoms with Gasteiger partial charge in [0.2, 0.25) is 0 Å². The van der Waals surface area contributed by atoms with Crippen molar-refractivity contribution in [3.05, 3.63) is 83.4 Å². The molecule has 0 aliphatic carbocycles. The molecule has 4 nitrogen and oxygen atoms in total. The Morgan fingerprint density at radius 1 is 0.885 bits per heavy atom. The van der Waals surface area contributed by atoms with Crippen LogP contribution in [0.5, 0.6) is 5.75 Å². The summed E-state index contributed by atoms with van der Waals surface area (Å²) in [5.41, 5.74) is 2.07. The number of ketones is 1. The van der Waals surface area contributed by atoms with Crippen LogP contribution in [0.15, 0.2) is 66.7 Å². The number of fused-ring (bicyclic) bond motifs is 1. The summed E-state index contributed by atoms with van der Waals surface area (Å²) in [6.07, 6.45) is 3.29. The Labute approximate surface area is 152 Å². The SMILES string of the molecule is CNC(=O)c1ccc(/C=C/C(=O)c2ccc3cc(OC)ccc3c2)cc1. The van der Waals surface area contributed by atoms with Crippen LogP contribution in [0.3, 0.4) is 0 Å². The molecule has 0 aliphatic rings. The first-order valence-corrected chi connectivity index (χ1v) is 8.23. The summed E-state index contributed by atoms with van der Waals surface area (Å²) in [7, 11) is 3.22. The second-order valence-corrected chi connectivity index (χ2v) is 5.83. The van der Waals surface area contributed by atoms with Crippen molar-refractivity contribution >= 4 is 28.5 Å². The number of rotatable bonds is 5. The van der Waals surface area contributed by atoms with Crippen molar-refractivity contribution in [2.24, 2.45) is 0 Å². The maximum absolute atomic E-state index is 12.4. The van der Waals surface area contributed by atoms with Crippen molar-refractivity contribution in [1.82, 2.24) is 5.32 Å². The van der Waals surface area contributed by atoms with Gasteiger partial charge in [-0.3, -0.25) is 9.59 Å². The number of benzene rings is 3. The van der Waals surface area contributed by atoms with Gasteiger partial charge < -0.3 is 10.1 Å². The van der Waals surface area contributed by atoms with Crippen molar-refractivity contribution in [3.63, 3.8) is 0 Å². The lowest BCUT2D eigenvalue weighted by Gasteiger charge is -2.04. The zero-order chi connectivity index (χ0) is 18.5. The highest BCUT2D eigenvalue weighted by atomic mass is 16.5. The number of hydrogen-bond donors (Lipinski definition) is 1. The third-order valence-electron chi connectivity index (χ3n) is 4.16. The molecule has 0 atom stereocenters. The van der Waals surface area contributed by atoms with Gasteiger partial charge in [-0.05, 0) is 52.7 Å². The molecule has 0 saturated carbocycles. The summed E-state index contributed by atoms with van der Waals surface area (Å²) in [6.45, 7) is 0. The normalized spacial score (nSPS) is 10.8. The van der Waals surface area contributed by atoms with Crippen LogP contribution in [0.4, 0.5) is 0 Å². The molecule has 130 valence electrons. The van der Waals surface area contributed by atoms with E-state index < -0.39 is 0 Å². The van der Waals surface area contributed by atoms with E-state index in [-0.39, 0.29) is 11.7 Å². The molecule has 0 unspecified atom stereocenters. The zero-order valence-electron chi connectivity index (χ0n) is 14.7. The standard InChI is InChI=1S/C22H19NO3/c1-23-22(25)16-6-3-15(4-7-16)5-12-21(24)19-9-8-18-14-20(26-2)11-10-17(18)13-19/h3-14H,1-2H3,(H,23,25)/b12-5+. The highest BCUT2D eigenvalue weighted by molar-refractivity contribution is 6.08. The lowest BCUT2D eigenvalue weighted by molar-refractivity contribution is 0.0962. The summed E-state index contributed by atoms with van der Waals surface area (Å²) < 4.78 is 5.21. The van der Waals surface area contributed by atoms with E-state index in [0.717, 1.165) is 22.1 Å². The maximum atomic E-state index is 12.4. The molecule has 1 N–H and O–H groups in total. The Morgan fingerprint density at radius 3 is 2.23 bits per heavy atom. The van der Waals surface area contributed by atoms with Gasteiger partial charge in [-0.2, -0.15) is 0 Å². The smallest absolute Gasteiger partial charge is 0.251 e. The molecule has 3 aromatic rings. The van der Waals surface area contributed by atoms with Gasteiger partial charge in [0, 0.05) is 18.2 Å². The molecule has 0 aliphatic heterocycles. The number of ether oxygens (including phenoxy) is 1. The number of hydrogen-bond acceptors (Lipinski definition) is 3. The molecular formula is C22H19NO3. The van der Waals surface area contributed by atoms with E-state index >= 15 is 0 Å². The first kappa shape index (κ1) is 17.4. The van der Waals surface area contributed by atoms with Gasteiger partial charge >= 0.3 is 0 Å². The third-order valence-corrected chi connectivity index (χ3v) is 4.16. The van der Waals surface area contributed by atoms with Gasteiger partial charge in [-0.25, -0.2) is 0 Å². The molecule has 0 saturated heterocycles. The number of allylic oxidation sites excluding steroid dienone is 1. The summed E-state index contributed by atoms with van der Waals surface area (Å²) in [6, 6.07) is 18.4. The quantitative estimate of drug-likeness (QED) is 0.559. The summed E-state index contributed by atoms with van der Waals surface area (Å²) in [5, 5.41) is 4.58. The fraction of sp³-hybridized carbons (Fsp3) is 0.0909. The Kier molecular flexibility index (Phi) is 5.13. The monoisotopic (exact) mass is 345 g/mol. The topological polar surface area (TPSA) is 55.4 Å². The third kappa shape index (κ3) is 3.81. The summed E-state index contributed by atoms with van der Waals surface area (Å²) in [5.74, 6) is 0.583. The summed E-state index contributed by atoms with van der Waals surface area (Å²) >= 11 is 0. The Morgan fingerprint density at radius 2 is 1.54 bits per heavy atom. The van der Waals surface area contributed by atoms with Crippen LogP contribution in [0.2, 0.25) is 0 Å². The minimum absolute atomic E-state index is 0.0712. The number of carbonyl (C=O) groups is 2. The van der Waals surface area contributed by atoms with E-state index in [4.69, 9.17) is 4.74 Å². The molecule has 26 heavy (non-hydrogen) atoms. The molecule has 1 amide bonds. The Balaban J connectivity index is 1.77.